The summed E-state index contributed by atoms with van der Waals surface area (Å²) in [5, 5.41) is 2.01. The van der Waals surface area contributed by atoms with Gasteiger partial charge < -0.3 is 10.6 Å². The van der Waals surface area contributed by atoms with Gasteiger partial charge in [-0.1, -0.05) is 13.8 Å². The highest BCUT2D eigenvalue weighted by molar-refractivity contribution is 7.12. The molecule has 1 aliphatic rings. The Kier molecular flexibility index (Phi) is 3.84. The van der Waals surface area contributed by atoms with Crippen molar-refractivity contribution >= 4 is 17.2 Å². The first kappa shape index (κ1) is 12.6. The lowest BCUT2D eigenvalue weighted by molar-refractivity contribution is 0.0712. The Labute approximate surface area is 107 Å². The minimum absolute atomic E-state index is 0.148. The molecule has 1 amide bonds. The van der Waals surface area contributed by atoms with Gasteiger partial charge in [-0.2, -0.15) is 0 Å². The lowest BCUT2D eigenvalue weighted by Gasteiger charge is -2.30. The van der Waals surface area contributed by atoms with Crippen molar-refractivity contribution in [3.8, 4) is 0 Å². The van der Waals surface area contributed by atoms with E-state index in [4.69, 9.17) is 5.73 Å². The first-order valence-electron chi connectivity index (χ1n) is 6.22. The van der Waals surface area contributed by atoms with E-state index in [1.54, 1.807) is 11.3 Å². The Morgan fingerprint density at radius 2 is 2.35 bits per heavy atom. The number of hydrogen-bond donors (Lipinski definition) is 1. The molecule has 1 fully saturated rings. The number of thiophene rings is 1. The summed E-state index contributed by atoms with van der Waals surface area (Å²) >= 11 is 1.55. The molecule has 2 rings (SSSR count). The van der Waals surface area contributed by atoms with Crippen LogP contribution in [-0.2, 0) is 0 Å². The van der Waals surface area contributed by atoms with Gasteiger partial charge in [-0.05, 0) is 35.8 Å². The lowest BCUT2D eigenvalue weighted by atomic mass is 10.0. The van der Waals surface area contributed by atoms with E-state index in [-0.39, 0.29) is 11.9 Å². The Bertz CT molecular complexity index is 400. The van der Waals surface area contributed by atoms with Crippen LogP contribution in [0.3, 0.4) is 0 Å². The zero-order valence-corrected chi connectivity index (χ0v) is 11.3. The van der Waals surface area contributed by atoms with Crippen molar-refractivity contribution in [3.63, 3.8) is 0 Å². The average molecular weight is 252 g/mol. The summed E-state index contributed by atoms with van der Waals surface area (Å²) in [6.07, 6.45) is 2.06. The van der Waals surface area contributed by atoms with E-state index in [9.17, 15) is 4.79 Å². The van der Waals surface area contributed by atoms with Gasteiger partial charge in [-0.15, -0.1) is 11.3 Å². The van der Waals surface area contributed by atoms with E-state index >= 15 is 0 Å². The van der Waals surface area contributed by atoms with Gasteiger partial charge in [0.1, 0.15) is 0 Å². The maximum atomic E-state index is 12.4. The topological polar surface area (TPSA) is 46.3 Å². The van der Waals surface area contributed by atoms with Crippen molar-refractivity contribution in [2.75, 3.05) is 13.1 Å². The van der Waals surface area contributed by atoms with Crippen LogP contribution in [0.4, 0.5) is 0 Å². The van der Waals surface area contributed by atoms with E-state index in [0.29, 0.717) is 12.5 Å². The number of carbonyl (C=O) groups excluding carboxylic acids is 1. The summed E-state index contributed by atoms with van der Waals surface area (Å²) in [6, 6.07) is 2.21. The van der Waals surface area contributed by atoms with Crippen LogP contribution in [0.15, 0.2) is 11.4 Å². The largest absolute Gasteiger partial charge is 0.336 e. The summed E-state index contributed by atoms with van der Waals surface area (Å²) in [7, 11) is 0. The molecule has 0 aliphatic carbocycles. The van der Waals surface area contributed by atoms with Crippen molar-refractivity contribution in [2.45, 2.75) is 38.6 Å². The maximum absolute atomic E-state index is 12.4. The highest BCUT2D eigenvalue weighted by Crippen LogP contribution is 2.26. The summed E-state index contributed by atoms with van der Waals surface area (Å²) in [4.78, 5) is 15.2. The van der Waals surface area contributed by atoms with Crippen LogP contribution in [0.2, 0.25) is 0 Å². The molecule has 1 aromatic heterocycles. The molecule has 0 radical (unpaired) electrons. The molecule has 0 spiro atoms. The van der Waals surface area contributed by atoms with Crippen LogP contribution in [0.1, 0.15) is 47.8 Å². The number of nitrogens with zero attached hydrogens (tertiary/aromatic N) is 1. The van der Waals surface area contributed by atoms with Crippen LogP contribution in [-0.4, -0.2) is 29.9 Å². The highest BCUT2D eigenvalue weighted by atomic mass is 32.1. The first-order valence-corrected chi connectivity index (χ1v) is 7.09. The van der Waals surface area contributed by atoms with Gasteiger partial charge in [0.15, 0.2) is 0 Å². The molecule has 0 saturated carbocycles. The minimum Gasteiger partial charge on any atom is -0.336 e. The number of piperidine rings is 1. The number of nitrogens with two attached hydrogens (primary N) is 1. The van der Waals surface area contributed by atoms with Gasteiger partial charge in [0.05, 0.1) is 4.88 Å². The summed E-state index contributed by atoms with van der Waals surface area (Å²) in [5.74, 6) is 0.567. The molecular formula is C13H20N2OS. The molecule has 2 N–H and O–H groups in total. The summed E-state index contributed by atoms with van der Waals surface area (Å²) in [6.45, 7) is 5.80. The smallest absolute Gasteiger partial charge is 0.264 e. The molecule has 0 bridgehead atoms. The molecule has 2 heterocycles. The van der Waals surface area contributed by atoms with Gasteiger partial charge in [-0.25, -0.2) is 0 Å². The second-order valence-corrected chi connectivity index (χ2v) is 5.93. The van der Waals surface area contributed by atoms with Crippen molar-refractivity contribution < 1.29 is 4.79 Å². The molecule has 1 saturated heterocycles. The molecule has 0 unspecified atom stereocenters. The third-order valence-electron chi connectivity index (χ3n) is 3.26. The molecule has 94 valence electrons. The molecular weight excluding hydrogens is 232 g/mol. The van der Waals surface area contributed by atoms with Crippen molar-refractivity contribution in [2.24, 2.45) is 5.73 Å². The fourth-order valence-corrected chi connectivity index (χ4v) is 3.31. The Morgan fingerprint density at radius 1 is 1.59 bits per heavy atom. The number of carbonyl (C=O) groups is 1. The molecule has 1 aromatic rings. The maximum Gasteiger partial charge on any atom is 0.264 e. The second-order valence-electron chi connectivity index (χ2n) is 5.01. The quantitative estimate of drug-likeness (QED) is 0.878. The zero-order valence-electron chi connectivity index (χ0n) is 10.5. The van der Waals surface area contributed by atoms with E-state index < -0.39 is 0 Å². The van der Waals surface area contributed by atoms with Crippen molar-refractivity contribution in [1.29, 1.82) is 0 Å². The fraction of sp³-hybridized carbons (Fsp3) is 0.615. The predicted octanol–water partition coefficient (Wildman–Crippen LogP) is 2.43. The van der Waals surface area contributed by atoms with E-state index in [1.165, 1.54) is 5.56 Å². The van der Waals surface area contributed by atoms with Gasteiger partial charge in [0, 0.05) is 19.1 Å². The van der Waals surface area contributed by atoms with Gasteiger partial charge >= 0.3 is 0 Å². The first-order chi connectivity index (χ1) is 8.09. The van der Waals surface area contributed by atoms with E-state index in [0.717, 1.165) is 24.3 Å². The Hall–Kier alpha value is -0.870. The average Bonchev–Trinajstić information content (AvgIpc) is 2.77. The standard InChI is InChI=1S/C13H20N2OS/c1-9(2)11-5-7-17-12(11)13(16)15-6-3-4-10(14)8-15/h5,7,9-10H,3-4,6,8,14H2,1-2H3/t10-/m0/s1. The van der Waals surface area contributed by atoms with Crippen LogP contribution in [0.5, 0.6) is 0 Å². The predicted molar refractivity (Wildman–Crippen MR) is 71.5 cm³/mol. The normalized spacial score (nSPS) is 20.9. The number of likely N-dealkylation sites (tertiary alicyclic amines) is 1. The van der Waals surface area contributed by atoms with Crippen molar-refractivity contribution in [1.82, 2.24) is 4.90 Å². The Morgan fingerprint density at radius 3 is 3.00 bits per heavy atom. The summed E-state index contributed by atoms with van der Waals surface area (Å²) < 4.78 is 0. The molecule has 3 nitrogen and oxygen atoms in total. The number of amides is 1. The van der Waals surface area contributed by atoms with Gasteiger partial charge in [-0.3, -0.25) is 4.79 Å². The third kappa shape index (κ3) is 2.69. The Balaban J connectivity index is 2.16. The fourth-order valence-electron chi connectivity index (χ4n) is 2.29. The molecule has 17 heavy (non-hydrogen) atoms. The molecule has 1 aliphatic heterocycles. The van der Waals surface area contributed by atoms with Crippen LogP contribution in [0, 0.1) is 0 Å². The van der Waals surface area contributed by atoms with E-state index in [1.807, 2.05) is 10.3 Å². The van der Waals surface area contributed by atoms with Crippen LogP contribution < -0.4 is 5.73 Å². The van der Waals surface area contributed by atoms with Crippen LogP contribution in [0.25, 0.3) is 0 Å². The van der Waals surface area contributed by atoms with Gasteiger partial charge in [0.25, 0.3) is 5.91 Å². The van der Waals surface area contributed by atoms with Crippen LogP contribution >= 0.6 is 11.3 Å². The molecule has 4 heteroatoms. The number of hydrogen-bond acceptors (Lipinski definition) is 3. The zero-order chi connectivity index (χ0) is 12.4. The van der Waals surface area contributed by atoms with Gasteiger partial charge in [0.2, 0.25) is 0 Å². The molecule has 0 aromatic carbocycles. The minimum atomic E-state index is 0.148. The van der Waals surface area contributed by atoms with Crippen molar-refractivity contribution in [3.05, 3.63) is 21.9 Å². The second kappa shape index (κ2) is 5.19. The van der Waals surface area contributed by atoms with E-state index in [2.05, 4.69) is 19.9 Å². The highest BCUT2D eigenvalue weighted by Gasteiger charge is 2.25. The lowest BCUT2D eigenvalue weighted by Crippen LogP contribution is -2.45. The number of rotatable bonds is 2. The third-order valence-corrected chi connectivity index (χ3v) is 4.18. The molecule has 1 atom stereocenters. The monoisotopic (exact) mass is 252 g/mol. The summed E-state index contributed by atoms with van der Waals surface area (Å²) in [5.41, 5.74) is 7.09. The SMILES string of the molecule is CC(C)c1ccsc1C(=O)N1CCC[C@H](N)C1.